The van der Waals surface area contributed by atoms with Crippen LogP contribution in [0.5, 0.6) is 0 Å². The van der Waals surface area contributed by atoms with Crippen LogP contribution in [0.2, 0.25) is 0 Å². The normalized spacial score (nSPS) is 55.9. The number of allylic oxidation sites excluding steroid dienone is 2. The van der Waals surface area contributed by atoms with E-state index >= 15 is 0 Å². The van der Waals surface area contributed by atoms with Crippen molar-refractivity contribution in [1.29, 1.82) is 0 Å². The molecule has 4 saturated carbocycles. The molecule has 0 aromatic heterocycles. The van der Waals surface area contributed by atoms with Gasteiger partial charge in [0.1, 0.15) is 0 Å². The van der Waals surface area contributed by atoms with Crippen LogP contribution in [0.3, 0.4) is 0 Å². The molecule has 0 bridgehead atoms. The van der Waals surface area contributed by atoms with Crippen molar-refractivity contribution in [3.8, 4) is 0 Å². The highest BCUT2D eigenvalue weighted by Gasteiger charge is 2.61. The van der Waals surface area contributed by atoms with Crippen molar-refractivity contribution in [2.24, 2.45) is 34.5 Å². The molecule has 134 valence electrons. The van der Waals surface area contributed by atoms with Crippen molar-refractivity contribution < 1.29 is 15.0 Å². The fourth-order valence-electron chi connectivity index (χ4n) is 7.43. The number of aliphatic hydroxyl groups is 2. The first-order chi connectivity index (χ1) is 11.3. The van der Waals surface area contributed by atoms with E-state index in [0.717, 1.165) is 44.1 Å². The standard InChI is InChI=1S/C21H32O3/c1-4-14-17(22)10-16-13-6-5-12-9-18(23)19(24)11-21(12,3)15(13)7-8-20(14,16)2/h4,12-13,15-16,18-19,23-24H,5-11H2,1-3H3/b14-4-/t12-,13+,15-,16-,18+,19-,20+,21-/m0/s1. The van der Waals surface area contributed by atoms with Crippen molar-refractivity contribution in [3.63, 3.8) is 0 Å². The van der Waals surface area contributed by atoms with Crippen LogP contribution in [-0.4, -0.2) is 28.2 Å². The van der Waals surface area contributed by atoms with E-state index in [9.17, 15) is 15.0 Å². The van der Waals surface area contributed by atoms with Crippen LogP contribution in [0.1, 0.15) is 65.7 Å². The van der Waals surface area contributed by atoms with Crippen LogP contribution in [-0.2, 0) is 4.79 Å². The first kappa shape index (κ1) is 16.8. The van der Waals surface area contributed by atoms with E-state index in [1.54, 1.807) is 0 Å². The predicted octanol–water partition coefficient (Wildman–Crippen LogP) is 3.49. The van der Waals surface area contributed by atoms with Gasteiger partial charge < -0.3 is 10.2 Å². The molecular formula is C21H32O3. The molecule has 0 amide bonds. The molecule has 0 spiro atoms. The van der Waals surface area contributed by atoms with Crippen LogP contribution in [0, 0.1) is 34.5 Å². The van der Waals surface area contributed by atoms with Gasteiger partial charge in [-0.2, -0.15) is 0 Å². The number of ketones is 1. The van der Waals surface area contributed by atoms with Gasteiger partial charge in [-0.1, -0.05) is 19.9 Å². The van der Waals surface area contributed by atoms with Gasteiger partial charge in [-0.3, -0.25) is 4.79 Å². The molecule has 4 rings (SSSR count). The van der Waals surface area contributed by atoms with E-state index in [2.05, 4.69) is 19.9 Å². The van der Waals surface area contributed by atoms with E-state index in [-0.39, 0.29) is 10.8 Å². The zero-order valence-corrected chi connectivity index (χ0v) is 15.3. The second-order valence-electron chi connectivity index (χ2n) is 9.52. The lowest BCUT2D eigenvalue weighted by Crippen LogP contribution is -2.56. The smallest absolute Gasteiger partial charge is 0.159 e. The van der Waals surface area contributed by atoms with Gasteiger partial charge in [-0.25, -0.2) is 0 Å². The minimum absolute atomic E-state index is 0.0724. The Morgan fingerprint density at radius 3 is 2.54 bits per heavy atom. The first-order valence-electron chi connectivity index (χ1n) is 9.87. The number of hydrogen-bond donors (Lipinski definition) is 2. The van der Waals surface area contributed by atoms with Gasteiger partial charge in [-0.05, 0) is 85.5 Å². The largest absolute Gasteiger partial charge is 0.390 e. The molecule has 0 aromatic carbocycles. The highest BCUT2D eigenvalue weighted by Crippen LogP contribution is 2.66. The Morgan fingerprint density at radius 1 is 1.08 bits per heavy atom. The summed E-state index contributed by atoms with van der Waals surface area (Å²) in [5, 5.41) is 20.4. The Bertz CT molecular complexity index is 582. The van der Waals surface area contributed by atoms with Gasteiger partial charge in [-0.15, -0.1) is 0 Å². The second kappa shape index (κ2) is 5.41. The molecule has 4 aliphatic carbocycles. The third-order valence-electron chi connectivity index (χ3n) is 8.68. The number of aliphatic hydroxyl groups excluding tert-OH is 2. The molecule has 4 fully saturated rings. The first-order valence-corrected chi connectivity index (χ1v) is 9.87. The second-order valence-corrected chi connectivity index (χ2v) is 9.52. The fraction of sp³-hybridized carbons (Fsp3) is 0.857. The van der Waals surface area contributed by atoms with Crippen molar-refractivity contribution in [2.75, 3.05) is 0 Å². The lowest BCUT2D eigenvalue weighted by Gasteiger charge is -2.60. The molecule has 8 atom stereocenters. The molecule has 0 aromatic rings. The summed E-state index contributed by atoms with van der Waals surface area (Å²) in [7, 11) is 0. The number of Topliss-reactive ketones (excluding diaryl/α,β-unsaturated/α-hetero) is 1. The van der Waals surface area contributed by atoms with E-state index in [0.29, 0.717) is 29.5 Å². The highest BCUT2D eigenvalue weighted by molar-refractivity contribution is 5.99. The Kier molecular flexibility index (Phi) is 3.78. The molecule has 0 heterocycles. The molecule has 4 aliphatic rings. The number of hydrogen-bond acceptors (Lipinski definition) is 3. The molecular weight excluding hydrogens is 300 g/mol. The van der Waals surface area contributed by atoms with Gasteiger partial charge in [0.25, 0.3) is 0 Å². The molecule has 0 aliphatic heterocycles. The van der Waals surface area contributed by atoms with Crippen molar-refractivity contribution in [3.05, 3.63) is 11.6 Å². The van der Waals surface area contributed by atoms with Crippen molar-refractivity contribution >= 4 is 5.78 Å². The Labute approximate surface area is 145 Å². The van der Waals surface area contributed by atoms with Gasteiger partial charge in [0.2, 0.25) is 0 Å². The van der Waals surface area contributed by atoms with Crippen LogP contribution >= 0.6 is 0 Å². The number of rotatable bonds is 0. The maximum absolute atomic E-state index is 12.6. The molecule has 0 saturated heterocycles. The SMILES string of the molecule is C/C=C1/C(=O)C[C@H]2[C@@H]3CC[C@H]4C[C@@H](O)[C@@H](O)C[C@]4(C)[C@H]3CC[C@]12C. The maximum Gasteiger partial charge on any atom is 0.159 e. The third kappa shape index (κ3) is 2.07. The number of carbonyl (C=O) groups excluding carboxylic acids is 1. The topological polar surface area (TPSA) is 57.5 Å². The molecule has 3 heteroatoms. The monoisotopic (exact) mass is 332 g/mol. The van der Waals surface area contributed by atoms with Crippen LogP contribution in [0.25, 0.3) is 0 Å². The van der Waals surface area contributed by atoms with E-state index < -0.39 is 12.2 Å². The van der Waals surface area contributed by atoms with E-state index in [1.165, 1.54) is 6.42 Å². The molecule has 24 heavy (non-hydrogen) atoms. The van der Waals surface area contributed by atoms with Gasteiger partial charge in [0.15, 0.2) is 5.78 Å². The quantitative estimate of drug-likeness (QED) is 0.668. The third-order valence-corrected chi connectivity index (χ3v) is 8.68. The summed E-state index contributed by atoms with van der Waals surface area (Å²) in [4.78, 5) is 12.6. The lowest BCUT2D eigenvalue weighted by molar-refractivity contribution is -0.153. The summed E-state index contributed by atoms with van der Waals surface area (Å²) in [5.41, 5.74) is 1.28. The minimum atomic E-state index is -0.574. The Balaban J connectivity index is 1.67. The van der Waals surface area contributed by atoms with Gasteiger partial charge in [0, 0.05) is 6.42 Å². The summed E-state index contributed by atoms with van der Waals surface area (Å²) in [6, 6.07) is 0. The minimum Gasteiger partial charge on any atom is -0.390 e. The molecule has 2 N–H and O–H groups in total. The summed E-state index contributed by atoms with van der Waals surface area (Å²) in [6.07, 6.45) is 7.76. The lowest BCUT2D eigenvalue weighted by atomic mass is 9.45. The van der Waals surface area contributed by atoms with Gasteiger partial charge >= 0.3 is 0 Å². The highest BCUT2D eigenvalue weighted by atomic mass is 16.3. The number of carbonyl (C=O) groups is 1. The van der Waals surface area contributed by atoms with E-state index in [4.69, 9.17) is 0 Å². The average molecular weight is 332 g/mol. The maximum atomic E-state index is 12.6. The fourth-order valence-corrected chi connectivity index (χ4v) is 7.43. The Hall–Kier alpha value is -0.670. The van der Waals surface area contributed by atoms with Crippen LogP contribution in [0.4, 0.5) is 0 Å². The van der Waals surface area contributed by atoms with Crippen LogP contribution in [0.15, 0.2) is 11.6 Å². The molecule has 0 unspecified atom stereocenters. The summed E-state index contributed by atoms with van der Waals surface area (Å²) >= 11 is 0. The van der Waals surface area contributed by atoms with Gasteiger partial charge in [0.05, 0.1) is 12.2 Å². The average Bonchev–Trinajstić information content (AvgIpc) is 2.78. The Morgan fingerprint density at radius 2 is 1.83 bits per heavy atom. The van der Waals surface area contributed by atoms with E-state index in [1.807, 2.05) is 6.92 Å². The van der Waals surface area contributed by atoms with Crippen molar-refractivity contribution in [1.82, 2.24) is 0 Å². The zero-order valence-electron chi connectivity index (χ0n) is 15.3. The molecule has 0 radical (unpaired) electrons. The number of fused-ring (bicyclic) bond motifs is 5. The predicted molar refractivity (Wildman–Crippen MR) is 93.3 cm³/mol. The van der Waals surface area contributed by atoms with Crippen LogP contribution < -0.4 is 0 Å². The zero-order chi connectivity index (χ0) is 17.3. The van der Waals surface area contributed by atoms with Crippen molar-refractivity contribution in [2.45, 2.75) is 77.9 Å². The summed E-state index contributed by atoms with van der Waals surface area (Å²) < 4.78 is 0. The summed E-state index contributed by atoms with van der Waals surface area (Å²) in [5.74, 6) is 2.59. The summed E-state index contributed by atoms with van der Waals surface area (Å²) in [6.45, 7) is 6.70. The molecule has 3 nitrogen and oxygen atoms in total.